The molecule has 0 aromatic carbocycles. The molecular weight excluding hydrogens is 412 g/mol. The summed E-state index contributed by atoms with van der Waals surface area (Å²) in [6, 6.07) is 0. The second-order valence-electron chi connectivity index (χ2n) is 6.60. The van der Waals surface area contributed by atoms with Gasteiger partial charge < -0.3 is 5.32 Å². The largest absolute Gasteiger partial charge is 0.302 e. The van der Waals surface area contributed by atoms with Crippen LogP contribution in [0.25, 0.3) is 10.2 Å². The Morgan fingerprint density at radius 1 is 1.39 bits per heavy atom. The predicted octanol–water partition coefficient (Wildman–Crippen LogP) is 4.23. The van der Waals surface area contributed by atoms with Gasteiger partial charge >= 0.3 is 0 Å². The van der Waals surface area contributed by atoms with Crippen LogP contribution in [0, 0.1) is 0 Å². The van der Waals surface area contributed by atoms with E-state index in [1.165, 1.54) is 46.9 Å². The highest BCUT2D eigenvalue weighted by molar-refractivity contribution is 7.98. The third-order valence-corrected chi connectivity index (χ3v) is 7.54. The minimum atomic E-state index is -0.137. The Labute approximate surface area is 174 Å². The number of carbonyl (C=O) groups excluding carboxylic acids is 1. The molecule has 0 saturated carbocycles. The van der Waals surface area contributed by atoms with E-state index in [1.807, 2.05) is 5.38 Å². The number of thiazole rings is 1. The van der Waals surface area contributed by atoms with Crippen molar-refractivity contribution in [3.8, 4) is 0 Å². The maximum absolute atomic E-state index is 13.2. The molecule has 0 aliphatic heterocycles. The Bertz CT molecular complexity index is 1110. The summed E-state index contributed by atoms with van der Waals surface area (Å²) in [5.41, 5.74) is 2.09. The van der Waals surface area contributed by atoms with E-state index in [0.717, 1.165) is 35.2 Å². The van der Waals surface area contributed by atoms with E-state index in [4.69, 9.17) is 4.98 Å². The number of anilines is 1. The minimum absolute atomic E-state index is 0.0315. The zero-order valence-electron chi connectivity index (χ0n) is 15.5. The van der Waals surface area contributed by atoms with Gasteiger partial charge in [0.15, 0.2) is 10.3 Å². The molecule has 28 heavy (non-hydrogen) atoms. The Morgan fingerprint density at radius 2 is 2.21 bits per heavy atom. The number of rotatable bonds is 6. The summed E-state index contributed by atoms with van der Waals surface area (Å²) in [6.45, 7) is 5.69. The molecular formula is C19H20N4O2S3. The van der Waals surface area contributed by atoms with Crippen LogP contribution in [0.4, 0.5) is 5.13 Å². The third kappa shape index (κ3) is 3.78. The zero-order chi connectivity index (χ0) is 19.7. The second-order valence-corrected chi connectivity index (χ2v) is 9.49. The van der Waals surface area contributed by atoms with Gasteiger partial charge in [0.25, 0.3) is 5.56 Å². The van der Waals surface area contributed by atoms with Crippen molar-refractivity contribution in [2.75, 3.05) is 5.32 Å². The van der Waals surface area contributed by atoms with E-state index < -0.39 is 0 Å². The molecule has 0 bridgehead atoms. The van der Waals surface area contributed by atoms with Crippen molar-refractivity contribution in [2.45, 2.75) is 50.1 Å². The van der Waals surface area contributed by atoms with Gasteiger partial charge in [-0.2, -0.15) is 0 Å². The predicted molar refractivity (Wildman–Crippen MR) is 117 cm³/mol. The second kappa shape index (κ2) is 8.18. The smallest absolute Gasteiger partial charge is 0.263 e. The SMILES string of the molecule is C=CCn1c(SCc2csc(NC(C)=O)n2)nc2sc3c(c2c1=O)CCCC3. The molecule has 0 spiro atoms. The molecule has 1 aliphatic carbocycles. The molecule has 0 atom stereocenters. The van der Waals surface area contributed by atoms with E-state index in [0.29, 0.717) is 22.6 Å². The van der Waals surface area contributed by atoms with Crippen molar-refractivity contribution in [1.29, 1.82) is 0 Å². The fourth-order valence-corrected chi connectivity index (χ4v) is 6.41. The van der Waals surface area contributed by atoms with Crippen molar-refractivity contribution in [3.63, 3.8) is 0 Å². The molecule has 146 valence electrons. The molecule has 0 saturated heterocycles. The average Bonchev–Trinajstić information content (AvgIpc) is 3.26. The minimum Gasteiger partial charge on any atom is -0.302 e. The molecule has 0 radical (unpaired) electrons. The van der Waals surface area contributed by atoms with Crippen LogP contribution in [0.3, 0.4) is 0 Å². The van der Waals surface area contributed by atoms with Crippen molar-refractivity contribution < 1.29 is 4.79 Å². The first-order valence-electron chi connectivity index (χ1n) is 9.07. The Balaban J connectivity index is 1.66. The van der Waals surface area contributed by atoms with Gasteiger partial charge in [0.2, 0.25) is 5.91 Å². The average molecular weight is 433 g/mol. The molecule has 9 heteroatoms. The highest BCUT2D eigenvalue weighted by Crippen LogP contribution is 2.35. The van der Waals surface area contributed by atoms with Crippen LogP contribution in [0.15, 0.2) is 28.0 Å². The number of fused-ring (bicyclic) bond motifs is 3. The number of allylic oxidation sites excluding steroid dienone is 1. The summed E-state index contributed by atoms with van der Waals surface area (Å²) in [6.07, 6.45) is 6.07. The topological polar surface area (TPSA) is 76.9 Å². The summed E-state index contributed by atoms with van der Waals surface area (Å²) in [4.78, 5) is 35.8. The van der Waals surface area contributed by atoms with Crippen LogP contribution >= 0.6 is 34.4 Å². The van der Waals surface area contributed by atoms with E-state index >= 15 is 0 Å². The number of amides is 1. The number of aromatic nitrogens is 3. The van der Waals surface area contributed by atoms with Crippen molar-refractivity contribution in [3.05, 3.63) is 44.5 Å². The molecule has 1 amide bonds. The third-order valence-electron chi connectivity index (χ3n) is 4.54. The maximum atomic E-state index is 13.2. The molecule has 0 unspecified atom stereocenters. The number of carbonyl (C=O) groups is 1. The number of thiophene rings is 1. The number of aryl methyl sites for hydroxylation is 2. The van der Waals surface area contributed by atoms with E-state index in [1.54, 1.807) is 22.0 Å². The molecule has 1 N–H and O–H groups in total. The van der Waals surface area contributed by atoms with Gasteiger partial charge in [-0.3, -0.25) is 14.2 Å². The van der Waals surface area contributed by atoms with Gasteiger partial charge in [0.05, 0.1) is 11.1 Å². The summed E-state index contributed by atoms with van der Waals surface area (Å²) in [7, 11) is 0. The van der Waals surface area contributed by atoms with Crippen LogP contribution in [0.1, 0.15) is 35.9 Å². The first-order valence-corrected chi connectivity index (χ1v) is 11.8. The number of thioether (sulfide) groups is 1. The maximum Gasteiger partial charge on any atom is 0.263 e. The van der Waals surface area contributed by atoms with Crippen molar-refractivity contribution >= 4 is 55.7 Å². The normalized spacial score (nSPS) is 13.5. The van der Waals surface area contributed by atoms with Crippen molar-refractivity contribution in [2.24, 2.45) is 0 Å². The van der Waals surface area contributed by atoms with Gasteiger partial charge in [-0.05, 0) is 31.2 Å². The fourth-order valence-electron chi connectivity index (χ4n) is 3.34. The Hall–Kier alpha value is -1.97. The van der Waals surface area contributed by atoms with Crippen LogP contribution in [0.2, 0.25) is 0 Å². The highest BCUT2D eigenvalue weighted by atomic mass is 32.2. The number of nitrogens with one attached hydrogen (secondary N) is 1. The number of hydrogen-bond donors (Lipinski definition) is 1. The van der Waals surface area contributed by atoms with Gasteiger partial charge in [-0.15, -0.1) is 29.3 Å². The summed E-state index contributed by atoms with van der Waals surface area (Å²) in [5, 5.41) is 6.67. The highest BCUT2D eigenvalue weighted by Gasteiger charge is 2.22. The van der Waals surface area contributed by atoms with E-state index in [2.05, 4.69) is 16.9 Å². The van der Waals surface area contributed by atoms with Crippen LogP contribution in [-0.2, 0) is 29.9 Å². The lowest BCUT2D eigenvalue weighted by Crippen LogP contribution is -2.23. The van der Waals surface area contributed by atoms with Crippen LogP contribution in [0.5, 0.6) is 0 Å². The molecule has 3 aromatic rings. The van der Waals surface area contributed by atoms with Gasteiger partial charge in [-0.1, -0.05) is 17.8 Å². The lowest BCUT2D eigenvalue weighted by Gasteiger charge is -2.12. The molecule has 3 aromatic heterocycles. The molecule has 1 aliphatic rings. The van der Waals surface area contributed by atoms with Gasteiger partial charge in [0.1, 0.15) is 4.83 Å². The first-order chi connectivity index (χ1) is 13.6. The van der Waals surface area contributed by atoms with Crippen LogP contribution in [-0.4, -0.2) is 20.4 Å². The Morgan fingerprint density at radius 3 is 3.00 bits per heavy atom. The fraction of sp³-hybridized carbons (Fsp3) is 0.368. The summed E-state index contributed by atoms with van der Waals surface area (Å²) >= 11 is 4.54. The number of nitrogens with zero attached hydrogens (tertiary/aromatic N) is 3. The zero-order valence-corrected chi connectivity index (χ0v) is 17.9. The molecule has 0 fully saturated rings. The molecule has 4 rings (SSSR count). The summed E-state index contributed by atoms with van der Waals surface area (Å²) < 4.78 is 1.71. The number of hydrogen-bond acceptors (Lipinski definition) is 7. The van der Waals surface area contributed by atoms with Crippen LogP contribution < -0.4 is 10.9 Å². The quantitative estimate of drug-likeness (QED) is 0.358. The monoisotopic (exact) mass is 432 g/mol. The molecule has 3 heterocycles. The van der Waals surface area contributed by atoms with E-state index in [9.17, 15) is 9.59 Å². The summed E-state index contributed by atoms with van der Waals surface area (Å²) in [5.74, 6) is 0.443. The standard InChI is InChI=1S/C19H20N4O2S3/c1-3-8-23-17(25)15-13-6-4-5-7-14(13)28-16(15)22-19(23)27-10-12-9-26-18(21-12)20-11(2)24/h3,9H,1,4-8,10H2,2H3,(H,20,21,24). The van der Waals surface area contributed by atoms with Crippen molar-refractivity contribution in [1.82, 2.24) is 14.5 Å². The Kier molecular flexibility index (Phi) is 5.65. The van der Waals surface area contributed by atoms with E-state index in [-0.39, 0.29) is 11.5 Å². The molecule has 6 nitrogen and oxygen atoms in total. The lowest BCUT2D eigenvalue weighted by atomic mass is 9.97. The first kappa shape index (κ1) is 19.4. The lowest BCUT2D eigenvalue weighted by molar-refractivity contribution is -0.114. The van der Waals surface area contributed by atoms with Gasteiger partial charge in [0, 0.05) is 29.5 Å². The van der Waals surface area contributed by atoms with Gasteiger partial charge in [-0.25, -0.2) is 9.97 Å².